The van der Waals surface area contributed by atoms with Crippen molar-refractivity contribution in [1.29, 1.82) is 5.26 Å². The third-order valence-electron chi connectivity index (χ3n) is 1.37. The summed E-state index contributed by atoms with van der Waals surface area (Å²) in [6.07, 6.45) is 0. The van der Waals surface area contributed by atoms with Gasteiger partial charge in [0.25, 0.3) is 10.0 Å². The Balaban J connectivity index is 2.87. The van der Waals surface area contributed by atoms with E-state index in [1.807, 2.05) is 4.72 Å². The van der Waals surface area contributed by atoms with Crippen molar-refractivity contribution < 1.29 is 18.3 Å². The van der Waals surface area contributed by atoms with E-state index in [2.05, 4.69) is 0 Å². The second-order valence-electron chi connectivity index (χ2n) is 2.45. The molecule has 1 rings (SSSR count). The van der Waals surface area contributed by atoms with Crippen molar-refractivity contribution in [2.45, 2.75) is 4.21 Å². The van der Waals surface area contributed by atoms with Gasteiger partial charge >= 0.3 is 5.97 Å². The maximum atomic E-state index is 11.4. The van der Waals surface area contributed by atoms with Gasteiger partial charge in [-0.25, -0.2) is 8.42 Å². The molecule has 0 spiro atoms. The number of nitriles is 1. The van der Waals surface area contributed by atoms with Crippen LogP contribution >= 0.6 is 11.3 Å². The Morgan fingerprint density at radius 1 is 1.60 bits per heavy atom. The van der Waals surface area contributed by atoms with Crippen molar-refractivity contribution >= 4 is 27.3 Å². The first-order valence-electron chi connectivity index (χ1n) is 3.67. The van der Waals surface area contributed by atoms with Crippen molar-refractivity contribution in [3.8, 4) is 6.07 Å². The zero-order valence-corrected chi connectivity index (χ0v) is 8.93. The smallest absolute Gasteiger partial charge is 0.318 e. The van der Waals surface area contributed by atoms with E-state index in [0.29, 0.717) is 0 Å². The van der Waals surface area contributed by atoms with Crippen LogP contribution in [0.25, 0.3) is 0 Å². The molecule has 8 heteroatoms. The molecule has 6 nitrogen and oxygen atoms in total. The molecule has 0 aliphatic carbocycles. The monoisotopic (exact) mass is 246 g/mol. The maximum Gasteiger partial charge on any atom is 0.318 e. The zero-order valence-electron chi connectivity index (χ0n) is 7.30. The molecule has 0 amide bonds. The molecular weight excluding hydrogens is 240 g/mol. The van der Waals surface area contributed by atoms with Gasteiger partial charge in [0.15, 0.2) is 0 Å². The molecule has 0 radical (unpaired) electrons. The normalized spacial score (nSPS) is 10.9. The van der Waals surface area contributed by atoms with E-state index in [1.54, 1.807) is 6.07 Å². The Labute approximate surface area is 89.8 Å². The second kappa shape index (κ2) is 4.39. The van der Waals surface area contributed by atoms with Crippen molar-refractivity contribution in [3.63, 3.8) is 0 Å². The summed E-state index contributed by atoms with van der Waals surface area (Å²) in [5.41, 5.74) is 0. The lowest BCUT2D eigenvalue weighted by atomic mass is 10.5. The Morgan fingerprint density at radius 3 is 2.73 bits per heavy atom. The molecule has 1 aromatic heterocycles. The van der Waals surface area contributed by atoms with Gasteiger partial charge in [0.2, 0.25) is 0 Å². The molecule has 0 aromatic carbocycles. The molecule has 1 heterocycles. The Kier molecular flexibility index (Phi) is 3.41. The van der Waals surface area contributed by atoms with Crippen LogP contribution in [-0.4, -0.2) is 26.0 Å². The fraction of sp³-hybridized carbons (Fsp3) is 0.143. The SMILES string of the molecule is N#Cc1ccc(S(=O)(=O)NCC(=O)O)s1. The van der Waals surface area contributed by atoms with E-state index in [9.17, 15) is 13.2 Å². The van der Waals surface area contributed by atoms with Gasteiger partial charge in [-0.15, -0.1) is 11.3 Å². The average molecular weight is 246 g/mol. The fourth-order valence-corrected chi connectivity index (χ4v) is 2.87. The standard InChI is InChI=1S/C7H6N2O4S2/c8-3-5-1-2-7(14-5)15(12,13)9-4-6(10)11/h1-2,9H,4H2,(H,10,11). The third-order valence-corrected chi connectivity index (χ3v) is 4.25. The van der Waals surface area contributed by atoms with Crippen LogP contribution in [0, 0.1) is 11.3 Å². The van der Waals surface area contributed by atoms with E-state index in [0.717, 1.165) is 11.3 Å². The molecule has 0 saturated heterocycles. The summed E-state index contributed by atoms with van der Waals surface area (Å²) in [6, 6.07) is 4.41. The number of carboxylic acids is 1. The molecule has 80 valence electrons. The molecular formula is C7H6N2O4S2. The first-order valence-corrected chi connectivity index (χ1v) is 5.97. The van der Waals surface area contributed by atoms with Crippen molar-refractivity contribution in [2.75, 3.05) is 6.54 Å². The number of aliphatic carboxylic acids is 1. The summed E-state index contributed by atoms with van der Waals surface area (Å²) >= 11 is 0.787. The lowest BCUT2D eigenvalue weighted by molar-refractivity contribution is -0.135. The van der Waals surface area contributed by atoms with Gasteiger partial charge in [0, 0.05) is 0 Å². The van der Waals surface area contributed by atoms with Gasteiger partial charge in [-0.2, -0.15) is 9.98 Å². The average Bonchev–Trinajstić information content (AvgIpc) is 2.63. The molecule has 0 aliphatic heterocycles. The van der Waals surface area contributed by atoms with Gasteiger partial charge in [-0.3, -0.25) is 4.79 Å². The number of nitrogens with one attached hydrogen (secondary N) is 1. The molecule has 0 bridgehead atoms. The van der Waals surface area contributed by atoms with Gasteiger partial charge < -0.3 is 5.11 Å². The summed E-state index contributed by atoms with van der Waals surface area (Å²) < 4.78 is 24.6. The topological polar surface area (TPSA) is 107 Å². The van der Waals surface area contributed by atoms with Gasteiger partial charge in [0.1, 0.15) is 21.7 Å². The van der Waals surface area contributed by atoms with Crippen LogP contribution in [0.4, 0.5) is 0 Å². The van der Waals surface area contributed by atoms with Crippen LogP contribution in [-0.2, 0) is 14.8 Å². The first kappa shape index (κ1) is 11.6. The second-order valence-corrected chi connectivity index (χ2v) is 5.53. The predicted octanol–water partition coefficient (Wildman–Crippen LogP) is -0.0173. The predicted molar refractivity (Wildman–Crippen MR) is 51.9 cm³/mol. The highest BCUT2D eigenvalue weighted by Crippen LogP contribution is 2.20. The minimum absolute atomic E-state index is 0.0692. The summed E-state index contributed by atoms with van der Waals surface area (Å²) in [5.74, 6) is -1.27. The Bertz CT molecular complexity index is 511. The van der Waals surface area contributed by atoms with Gasteiger partial charge in [0.05, 0.1) is 0 Å². The number of carboxylic acid groups (broad SMARTS) is 1. The number of nitrogens with zero attached hydrogens (tertiary/aromatic N) is 1. The number of carbonyl (C=O) groups is 1. The van der Waals surface area contributed by atoms with Crippen LogP contribution in [0.3, 0.4) is 0 Å². The van der Waals surface area contributed by atoms with E-state index < -0.39 is 22.5 Å². The molecule has 0 fully saturated rings. The van der Waals surface area contributed by atoms with Crippen LogP contribution in [0.15, 0.2) is 16.3 Å². The molecule has 15 heavy (non-hydrogen) atoms. The molecule has 0 aliphatic rings. The van der Waals surface area contributed by atoms with Crippen LogP contribution in [0.5, 0.6) is 0 Å². The van der Waals surface area contributed by atoms with Gasteiger partial charge in [-0.05, 0) is 12.1 Å². The molecule has 2 N–H and O–H groups in total. The number of sulfonamides is 1. The van der Waals surface area contributed by atoms with Gasteiger partial charge in [-0.1, -0.05) is 0 Å². The Morgan fingerprint density at radius 2 is 2.27 bits per heavy atom. The van der Waals surface area contributed by atoms with Crippen LogP contribution in [0.1, 0.15) is 4.88 Å². The highest BCUT2D eigenvalue weighted by Gasteiger charge is 2.17. The van der Waals surface area contributed by atoms with Crippen molar-refractivity contribution in [2.24, 2.45) is 0 Å². The molecule has 0 unspecified atom stereocenters. The van der Waals surface area contributed by atoms with E-state index in [4.69, 9.17) is 10.4 Å². The maximum absolute atomic E-state index is 11.4. The van der Waals surface area contributed by atoms with E-state index in [1.165, 1.54) is 12.1 Å². The first-order chi connectivity index (χ1) is 6.95. The number of hydrogen-bond acceptors (Lipinski definition) is 5. The quantitative estimate of drug-likeness (QED) is 0.776. The summed E-state index contributed by atoms with van der Waals surface area (Å²) in [5, 5.41) is 16.8. The number of hydrogen-bond donors (Lipinski definition) is 2. The van der Waals surface area contributed by atoms with Crippen molar-refractivity contribution in [3.05, 3.63) is 17.0 Å². The minimum atomic E-state index is -3.81. The summed E-state index contributed by atoms with van der Waals surface area (Å²) in [6.45, 7) is -0.678. The van der Waals surface area contributed by atoms with E-state index >= 15 is 0 Å². The fourth-order valence-electron chi connectivity index (χ4n) is 0.753. The largest absolute Gasteiger partial charge is 0.480 e. The summed E-state index contributed by atoms with van der Waals surface area (Å²) in [4.78, 5) is 10.4. The van der Waals surface area contributed by atoms with Crippen LogP contribution in [0.2, 0.25) is 0 Å². The number of rotatable bonds is 4. The Hall–Kier alpha value is -1.43. The highest BCUT2D eigenvalue weighted by molar-refractivity contribution is 7.91. The minimum Gasteiger partial charge on any atom is -0.480 e. The molecule has 1 aromatic rings. The molecule has 0 atom stereocenters. The van der Waals surface area contributed by atoms with Crippen LogP contribution < -0.4 is 4.72 Å². The van der Waals surface area contributed by atoms with E-state index in [-0.39, 0.29) is 9.09 Å². The lowest BCUT2D eigenvalue weighted by Crippen LogP contribution is -2.28. The van der Waals surface area contributed by atoms with Crippen molar-refractivity contribution in [1.82, 2.24) is 4.72 Å². The third kappa shape index (κ3) is 3.02. The molecule has 0 saturated carbocycles. The highest BCUT2D eigenvalue weighted by atomic mass is 32.2. The lowest BCUT2D eigenvalue weighted by Gasteiger charge is -2.00. The number of thiophene rings is 1. The zero-order chi connectivity index (χ0) is 11.5. The summed E-state index contributed by atoms with van der Waals surface area (Å²) in [7, 11) is -3.81.